The predicted octanol–water partition coefficient (Wildman–Crippen LogP) is 4.76. The summed E-state index contributed by atoms with van der Waals surface area (Å²) < 4.78 is 17.9. The summed E-state index contributed by atoms with van der Waals surface area (Å²) in [5, 5.41) is 3.47. The van der Waals surface area contributed by atoms with E-state index in [1.807, 2.05) is 42.5 Å². The molecule has 0 amide bonds. The molecule has 0 spiro atoms. The van der Waals surface area contributed by atoms with E-state index in [9.17, 15) is 19.1 Å². The van der Waals surface area contributed by atoms with Gasteiger partial charge in [-0.3, -0.25) is 4.57 Å². The van der Waals surface area contributed by atoms with Crippen molar-refractivity contribution in [2.75, 3.05) is 0 Å². The van der Waals surface area contributed by atoms with E-state index in [0.29, 0.717) is 16.5 Å². The highest BCUT2D eigenvalue weighted by Crippen LogP contribution is 2.56. The maximum Gasteiger partial charge on any atom is 0.346 e. The molecule has 0 fully saturated rings. The highest BCUT2D eigenvalue weighted by molar-refractivity contribution is 7.52. The number of hydrogen-bond acceptors (Lipinski definition) is 4. The lowest BCUT2D eigenvalue weighted by Gasteiger charge is -2.19. The Morgan fingerprint density at radius 1 is 0.800 bits per heavy atom. The van der Waals surface area contributed by atoms with Crippen LogP contribution in [-0.2, 0) is 4.57 Å². The molecule has 30 heavy (non-hydrogen) atoms. The van der Waals surface area contributed by atoms with Gasteiger partial charge in [0.2, 0.25) is 5.89 Å². The Labute approximate surface area is 170 Å². The fraction of sp³-hybridized carbons (Fsp3) is 0.0435. The minimum absolute atomic E-state index is 0.264. The van der Waals surface area contributed by atoms with Crippen molar-refractivity contribution in [3.8, 4) is 0 Å². The predicted molar refractivity (Wildman–Crippen MR) is 116 cm³/mol. The van der Waals surface area contributed by atoms with Crippen LogP contribution in [0.25, 0.3) is 32.4 Å². The number of aromatic nitrogens is 1. The van der Waals surface area contributed by atoms with E-state index in [2.05, 4.69) is 4.98 Å². The van der Waals surface area contributed by atoms with Crippen molar-refractivity contribution in [3.63, 3.8) is 0 Å². The van der Waals surface area contributed by atoms with E-state index in [0.717, 1.165) is 16.2 Å². The van der Waals surface area contributed by atoms with Crippen LogP contribution in [0.4, 0.5) is 0 Å². The van der Waals surface area contributed by atoms with E-state index >= 15 is 0 Å². The molecule has 6 nitrogen and oxygen atoms in total. The maximum atomic E-state index is 12.7. The molecule has 2 N–H and O–H groups in total. The van der Waals surface area contributed by atoms with Gasteiger partial charge in [-0.15, -0.1) is 0 Å². The number of benzene rings is 4. The van der Waals surface area contributed by atoms with Gasteiger partial charge in [0.25, 0.3) is 0 Å². The van der Waals surface area contributed by atoms with Crippen molar-refractivity contribution < 1.29 is 18.8 Å². The van der Waals surface area contributed by atoms with Crippen molar-refractivity contribution >= 4 is 40.0 Å². The lowest BCUT2D eigenvalue weighted by atomic mass is 10.0. The van der Waals surface area contributed by atoms with Crippen molar-refractivity contribution in [2.24, 2.45) is 0 Å². The molecule has 4 aromatic carbocycles. The minimum atomic E-state index is -4.77. The van der Waals surface area contributed by atoms with Crippen LogP contribution < -0.4 is 5.63 Å². The molecule has 0 aliphatic rings. The summed E-state index contributed by atoms with van der Waals surface area (Å²) in [4.78, 5) is 37.5. The zero-order valence-electron chi connectivity index (χ0n) is 15.6. The normalized spacial score (nSPS) is 13.1. The van der Waals surface area contributed by atoms with Crippen LogP contribution in [0.5, 0.6) is 0 Å². The summed E-state index contributed by atoms with van der Waals surface area (Å²) in [7, 11) is -4.77. The third-order valence-corrected chi connectivity index (χ3v) is 6.37. The summed E-state index contributed by atoms with van der Waals surface area (Å²) in [6.07, 6.45) is 0. The molecule has 0 radical (unpaired) electrons. The molecule has 7 heteroatoms. The molecule has 0 aliphatic heterocycles. The summed E-state index contributed by atoms with van der Waals surface area (Å²) in [5.74, 6) is -0.299. The number of rotatable bonds is 3. The van der Waals surface area contributed by atoms with Crippen LogP contribution >= 0.6 is 7.60 Å². The largest absolute Gasteiger partial charge is 0.406 e. The molecule has 1 atom stereocenters. The van der Waals surface area contributed by atoms with Crippen molar-refractivity contribution in [2.45, 2.75) is 5.66 Å². The zero-order chi connectivity index (χ0) is 20.9. The molecule has 0 saturated heterocycles. The molecule has 1 unspecified atom stereocenters. The van der Waals surface area contributed by atoms with E-state index in [1.165, 1.54) is 0 Å². The summed E-state index contributed by atoms with van der Waals surface area (Å²) in [6, 6.07) is 23.4. The van der Waals surface area contributed by atoms with Gasteiger partial charge in [-0.2, -0.15) is 0 Å². The van der Waals surface area contributed by atoms with Crippen LogP contribution in [0.3, 0.4) is 0 Å². The molecule has 0 aliphatic carbocycles. The first-order valence-corrected chi connectivity index (χ1v) is 11.0. The second-order valence-electron chi connectivity index (χ2n) is 7.12. The molecular weight excluding hydrogens is 401 g/mol. The van der Waals surface area contributed by atoms with Crippen LogP contribution in [0.1, 0.15) is 17.1 Å². The van der Waals surface area contributed by atoms with Gasteiger partial charge in [0.05, 0.1) is 10.9 Å². The smallest absolute Gasteiger partial charge is 0.346 e. The Balaban J connectivity index is 1.81. The molecule has 1 aromatic heterocycles. The molecular formula is C23H16NO5P. The third kappa shape index (κ3) is 3.12. The fourth-order valence-corrected chi connectivity index (χ4v) is 4.83. The van der Waals surface area contributed by atoms with Crippen LogP contribution in [0.15, 0.2) is 88.1 Å². The second kappa shape index (κ2) is 6.89. The quantitative estimate of drug-likeness (QED) is 0.324. The first-order chi connectivity index (χ1) is 14.4. The minimum Gasteiger partial charge on any atom is -0.406 e. The number of hydrogen-bond donors (Lipinski definition) is 2. The van der Waals surface area contributed by atoms with Gasteiger partial charge in [-0.25, -0.2) is 9.78 Å². The van der Waals surface area contributed by atoms with Gasteiger partial charge in [0, 0.05) is 0 Å². The maximum absolute atomic E-state index is 12.7. The van der Waals surface area contributed by atoms with Gasteiger partial charge in [0.15, 0.2) is 5.66 Å². The molecule has 0 saturated carbocycles. The fourth-order valence-electron chi connectivity index (χ4n) is 3.84. The Bertz CT molecular complexity index is 1530. The number of fused-ring (bicyclic) bond motifs is 3. The third-order valence-electron chi connectivity index (χ3n) is 5.20. The van der Waals surface area contributed by atoms with E-state index < -0.39 is 18.9 Å². The first kappa shape index (κ1) is 18.7. The average molecular weight is 417 g/mol. The summed E-state index contributed by atoms with van der Waals surface area (Å²) >= 11 is 0. The lowest BCUT2D eigenvalue weighted by molar-refractivity contribution is 0.349. The van der Waals surface area contributed by atoms with Gasteiger partial charge < -0.3 is 14.2 Å². The Hall–Kier alpha value is -3.31. The molecule has 5 rings (SSSR count). The topological polar surface area (TPSA) is 101 Å². The highest BCUT2D eigenvalue weighted by Gasteiger charge is 2.37. The average Bonchev–Trinajstić information content (AvgIpc) is 2.72. The Morgan fingerprint density at radius 3 is 2.17 bits per heavy atom. The van der Waals surface area contributed by atoms with Gasteiger partial charge in [0.1, 0.15) is 0 Å². The zero-order valence-corrected chi connectivity index (χ0v) is 16.5. The molecule has 1 heterocycles. The van der Waals surface area contributed by atoms with E-state index in [-0.39, 0.29) is 11.3 Å². The molecule has 0 bridgehead atoms. The van der Waals surface area contributed by atoms with E-state index in [4.69, 9.17) is 4.42 Å². The van der Waals surface area contributed by atoms with Crippen LogP contribution in [0.2, 0.25) is 0 Å². The van der Waals surface area contributed by atoms with Crippen LogP contribution in [-0.4, -0.2) is 14.8 Å². The Kier molecular flexibility index (Phi) is 4.29. The summed E-state index contributed by atoms with van der Waals surface area (Å²) in [6.45, 7) is 0. The SMILES string of the molecule is O=c1oc(C(c2cccc3ccccc23)P(=O)(O)O)nc2cc3ccccc3cc12. The monoisotopic (exact) mass is 417 g/mol. The standard InChI is InChI=1S/C23H16NO5P/c25-23-19-12-15-7-1-2-8-16(15)13-20(19)24-22(29-23)21(30(26,27)28)18-11-5-9-14-6-3-4-10-17(14)18/h1-13,21H,(H2,26,27,28). The van der Waals surface area contributed by atoms with Gasteiger partial charge in [-0.1, -0.05) is 66.7 Å². The number of nitrogens with zero attached hydrogens (tertiary/aromatic N) is 1. The molecule has 148 valence electrons. The Morgan fingerprint density at radius 2 is 1.43 bits per heavy atom. The van der Waals surface area contributed by atoms with E-state index in [1.54, 1.807) is 36.4 Å². The van der Waals surface area contributed by atoms with Crippen molar-refractivity contribution in [1.29, 1.82) is 0 Å². The lowest BCUT2D eigenvalue weighted by Crippen LogP contribution is -2.11. The van der Waals surface area contributed by atoms with Crippen molar-refractivity contribution in [3.05, 3.63) is 101 Å². The molecule has 5 aromatic rings. The van der Waals surface area contributed by atoms with Gasteiger partial charge >= 0.3 is 13.2 Å². The van der Waals surface area contributed by atoms with Crippen molar-refractivity contribution in [1.82, 2.24) is 4.98 Å². The van der Waals surface area contributed by atoms with Crippen LogP contribution in [0, 0.1) is 0 Å². The highest BCUT2D eigenvalue weighted by atomic mass is 31.2. The summed E-state index contributed by atoms with van der Waals surface area (Å²) in [5.41, 5.74) is -1.48. The van der Waals surface area contributed by atoms with Gasteiger partial charge in [-0.05, 0) is 39.2 Å². The second-order valence-corrected chi connectivity index (χ2v) is 8.81. The first-order valence-electron chi connectivity index (χ1n) is 9.28.